The van der Waals surface area contributed by atoms with Crippen molar-refractivity contribution in [1.82, 2.24) is 14.4 Å². The van der Waals surface area contributed by atoms with E-state index in [1.807, 2.05) is 6.20 Å². The van der Waals surface area contributed by atoms with Crippen LogP contribution < -0.4 is 4.72 Å². The van der Waals surface area contributed by atoms with Gasteiger partial charge in [0.05, 0.1) is 0 Å². The average Bonchev–Trinajstić information content (AvgIpc) is 3.21. The Balaban J connectivity index is 1.76. The lowest BCUT2D eigenvalue weighted by atomic mass is 10.1. The molecular weight excluding hydrogens is 384 g/mol. The van der Waals surface area contributed by atoms with Gasteiger partial charge in [-0.3, -0.25) is 9.12 Å². The summed E-state index contributed by atoms with van der Waals surface area (Å²) >= 11 is 7.33. The van der Waals surface area contributed by atoms with Gasteiger partial charge in [0.15, 0.2) is 15.1 Å². The van der Waals surface area contributed by atoms with E-state index in [1.165, 1.54) is 15.7 Å². The van der Waals surface area contributed by atoms with Crippen molar-refractivity contribution in [2.24, 2.45) is 0 Å². The molecule has 130 valence electrons. The first-order valence-corrected chi connectivity index (χ1v) is 10.1. The Kier molecular flexibility index (Phi) is 3.95. The van der Waals surface area contributed by atoms with Crippen LogP contribution in [0.2, 0.25) is 5.15 Å². The number of rotatable bonds is 5. The first kappa shape index (κ1) is 16.4. The zero-order valence-electron chi connectivity index (χ0n) is 12.7. The van der Waals surface area contributed by atoms with Gasteiger partial charge in [-0.2, -0.15) is 8.42 Å². The van der Waals surface area contributed by atoms with E-state index in [0.29, 0.717) is 17.1 Å². The van der Waals surface area contributed by atoms with Crippen molar-refractivity contribution < 1.29 is 13.5 Å². The number of halogens is 1. The minimum Gasteiger partial charge on any atom is -0.396 e. The van der Waals surface area contributed by atoms with Crippen LogP contribution in [0.25, 0.3) is 15.9 Å². The van der Waals surface area contributed by atoms with Crippen molar-refractivity contribution >= 4 is 54.5 Å². The molecule has 0 aliphatic heterocycles. The van der Waals surface area contributed by atoms with Crippen LogP contribution >= 0.6 is 22.9 Å². The molecule has 10 heteroatoms. The Morgan fingerprint density at radius 3 is 3.04 bits per heavy atom. The number of aliphatic hydroxyl groups excluding tert-OH is 1. The summed E-state index contributed by atoms with van der Waals surface area (Å²) < 4.78 is 29.6. The molecule has 0 aliphatic rings. The summed E-state index contributed by atoms with van der Waals surface area (Å²) in [5, 5.41) is 11.6. The lowest BCUT2D eigenvalue weighted by Gasteiger charge is -2.08. The van der Waals surface area contributed by atoms with Crippen LogP contribution in [-0.2, 0) is 16.4 Å². The summed E-state index contributed by atoms with van der Waals surface area (Å²) in [6.07, 6.45) is 3.91. The smallest absolute Gasteiger partial charge is 0.281 e. The van der Waals surface area contributed by atoms with Crippen molar-refractivity contribution in [3.8, 4) is 0 Å². The molecule has 0 amide bonds. The summed E-state index contributed by atoms with van der Waals surface area (Å²) in [6.45, 7) is 0.0183. The molecule has 0 saturated heterocycles. The second-order valence-corrected chi connectivity index (χ2v) is 8.25. The molecule has 0 atom stereocenters. The summed E-state index contributed by atoms with van der Waals surface area (Å²) in [7, 11) is -3.91. The normalized spacial score (nSPS) is 12.2. The number of nitrogens with one attached hydrogen (secondary N) is 2. The van der Waals surface area contributed by atoms with Crippen molar-refractivity contribution in [3.05, 3.63) is 46.7 Å². The first-order chi connectivity index (χ1) is 12.0. The van der Waals surface area contributed by atoms with Gasteiger partial charge < -0.3 is 10.1 Å². The number of hydrogen-bond acceptors (Lipinski definition) is 5. The van der Waals surface area contributed by atoms with Crippen LogP contribution in [0.15, 0.2) is 41.0 Å². The second kappa shape index (κ2) is 6.03. The van der Waals surface area contributed by atoms with Gasteiger partial charge in [0, 0.05) is 41.0 Å². The highest BCUT2D eigenvalue weighted by atomic mass is 35.5. The summed E-state index contributed by atoms with van der Waals surface area (Å²) in [5.41, 5.74) is 2.20. The number of sulfonamides is 1. The third-order valence-electron chi connectivity index (χ3n) is 3.83. The molecule has 0 spiro atoms. The maximum Gasteiger partial charge on any atom is 0.281 e. The number of hydrogen-bond donors (Lipinski definition) is 3. The fourth-order valence-electron chi connectivity index (χ4n) is 2.75. The van der Waals surface area contributed by atoms with Crippen LogP contribution in [0.3, 0.4) is 0 Å². The molecule has 1 aromatic carbocycles. The number of nitrogens with zero attached hydrogens (tertiary/aromatic N) is 2. The number of imidazole rings is 1. The Bertz CT molecular complexity index is 1180. The average molecular weight is 397 g/mol. The number of aromatic amines is 1. The summed E-state index contributed by atoms with van der Waals surface area (Å²) in [6, 6.07) is 5.18. The molecule has 7 nitrogen and oxygen atoms in total. The lowest BCUT2D eigenvalue weighted by molar-refractivity contribution is 0.300. The predicted octanol–water partition coefficient (Wildman–Crippen LogP) is 2.87. The van der Waals surface area contributed by atoms with Crippen LogP contribution in [0.4, 0.5) is 5.69 Å². The van der Waals surface area contributed by atoms with Gasteiger partial charge in [0.2, 0.25) is 0 Å². The van der Waals surface area contributed by atoms with Gasteiger partial charge in [0.25, 0.3) is 10.0 Å². The zero-order valence-corrected chi connectivity index (χ0v) is 15.1. The monoisotopic (exact) mass is 396 g/mol. The van der Waals surface area contributed by atoms with Gasteiger partial charge in [-0.1, -0.05) is 11.6 Å². The standard InChI is InChI=1S/C15H13ClN4O3S2/c16-13-14(20-4-6-24-15(20)18-13)25(22,23)19-10-1-2-12-11(7-10)9(3-5-21)8-17-12/h1-2,4,6-8,17,19,21H,3,5H2. The SMILES string of the molecule is O=S(=O)(Nc1ccc2[nH]cc(CCO)c2c1)c1c(Cl)nc2sccn12. The fourth-order valence-corrected chi connectivity index (χ4v) is 5.26. The predicted molar refractivity (Wildman–Crippen MR) is 98.0 cm³/mol. The largest absolute Gasteiger partial charge is 0.396 e. The quantitative estimate of drug-likeness (QED) is 0.483. The van der Waals surface area contributed by atoms with Gasteiger partial charge in [0.1, 0.15) is 0 Å². The van der Waals surface area contributed by atoms with Gasteiger partial charge in [-0.05, 0) is 30.2 Å². The molecule has 0 aliphatic carbocycles. The Labute approximate surface area is 151 Å². The molecular formula is C15H13ClN4O3S2. The van der Waals surface area contributed by atoms with Crippen LogP contribution in [0, 0.1) is 0 Å². The summed E-state index contributed by atoms with van der Waals surface area (Å²) in [5.74, 6) is 0. The minimum absolute atomic E-state index is 0.0183. The van der Waals surface area contributed by atoms with E-state index in [-0.39, 0.29) is 16.8 Å². The summed E-state index contributed by atoms with van der Waals surface area (Å²) in [4.78, 5) is 7.67. The van der Waals surface area contributed by atoms with Crippen molar-refractivity contribution in [2.75, 3.05) is 11.3 Å². The van der Waals surface area contributed by atoms with Crippen molar-refractivity contribution in [1.29, 1.82) is 0 Å². The highest BCUT2D eigenvalue weighted by Crippen LogP contribution is 2.29. The molecule has 0 bridgehead atoms. The van der Waals surface area contributed by atoms with E-state index in [2.05, 4.69) is 14.7 Å². The van der Waals surface area contributed by atoms with E-state index in [4.69, 9.17) is 16.7 Å². The Morgan fingerprint density at radius 2 is 2.24 bits per heavy atom. The van der Waals surface area contributed by atoms with Crippen LogP contribution in [0.1, 0.15) is 5.56 Å². The Hall–Kier alpha value is -2.07. The molecule has 4 rings (SSSR count). The molecule has 3 N–H and O–H groups in total. The topological polar surface area (TPSA) is 99.5 Å². The number of aliphatic hydroxyl groups is 1. The minimum atomic E-state index is -3.91. The number of H-pyrrole nitrogens is 1. The van der Waals surface area contributed by atoms with E-state index < -0.39 is 10.0 Å². The third-order valence-corrected chi connectivity index (χ3v) is 6.37. The molecule has 25 heavy (non-hydrogen) atoms. The first-order valence-electron chi connectivity index (χ1n) is 7.34. The van der Waals surface area contributed by atoms with Gasteiger partial charge in [-0.25, -0.2) is 4.98 Å². The molecule has 3 heterocycles. The molecule has 0 unspecified atom stereocenters. The van der Waals surface area contributed by atoms with Crippen LogP contribution in [-0.4, -0.2) is 34.5 Å². The molecule has 3 aromatic heterocycles. The molecule has 0 radical (unpaired) electrons. The van der Waals surface area contributed by atoms with Gasteiger partial charge in [-0.15, -0.1) is 11.3 Å². The fraction of sp³-hybridized carbons (Fsp3) is 0.133. The number of benzene rings is 1. The Morgan fingerprint density at radius 1 is 1.40 bits per heavy atom. The maximum absolute atomic E-state index is 12.8. The number of aromatic nitrogens is 3. The van der Waals surface area contributed by atoms with Crippen molar-refractivity contribution in [2.45, 2.75) is 11.4 Å². The van der Waals surface area contributed by atoms with E-state index in [0.717, 1.165) is 16.5 Å². The number of fused-ring (bicyclic) bond motifs is 2. The highest BCUT2D eigenvalue weighted by Gasteiger charge is 2.25. The lowest BCUT2D eigenvalue weighted by Crippen LogP contribution is -2.15. The number of thiazole rings is 1. The van der Waals surface area contributed by atoms with Crippen LogP contribution in [0.5, 0.6) is 0 Å². The molecule has 0 saturated carbocycles. The highest BCUT2D eigenvalue weighted by molar-refractivity contribution is 7.92. The van der Waals surface area contributed by atoms with E-state index in [9.17, 15) is 8.42 Å². The number of anilines is 1. The van der Waals surface area contributed by atoms with Crippen molar-refractivity contribution in [3.63, 3.8) is 0 Å². The maximum atomic E-state index is 12.8. The zero-order chi connectivity index (χ0) is 17.6. The van der Waals surface area contributed by atoms with Gasteiger partial charge >= 0.3 is 0 Å². The van der Waals surface area contributed by atoms with E-state index in [1.54, 1.807) is 29.8 Å². The second-order valence-electron chi connectivity index (χ2n) is 5.42. The third kappa shape index (κ3) is 2.78. The molecule has 0 fully saturated rings. The van der Waals surface area contributed by atoms with E-state index >= 15 is 0 Å². The molecule has 4 aromatic rings.